The van der Waals surface area contributed by atoms with Crippen molar-refractivity contribution in [2.75, 3.05) is 0 Å². The van der Waals surface area contributed by atoms with E-state index in [1.54, 1.807) is 19.2 Å². The molecule has 0 unspecified atom stereocenters. The summed E-state index contributed by atoms with van der Waals surface area (Å²) in [5.41, 5.74) is 2.99. The van der Waals surface area contributed by atoms with Crippen molar-refractivity contribution in [3.8, 4) is 11.4 Å². The van der Waals surface area contributed by atoms with Crippen LogP contribution in [0.25, 0.3) is 11.4 Å². The Bertz CT molecular complexity index is 582. The van der Waals surface area contributed by atoms with Gasteiger partial charge in [0.1, 0.15) is 5.82 Å². The molecule has 1 N–H and O–H groups in total. The third-order valence-electron chi connectivity index (χ3n) is 2.91. The SMILES string of the molecule is Cc1ccc(F)cc1-c1ncc([C@H](C)O)c(C)n1. The minimum atomic E-state index is -0.604. The van der Waals surface area contributed by atoms with Crippen LogP contribution in [0.3, 0.4) is 0 Å². The molecule has 0 aliphatic carbocycles. The number of aliphatic hydroxyl groups is 1. The van der Waals surface area contributed by atoms with Crippen molar-refractivity contribution >= 4 is 0 Å². The smallest absolute Gasteiger partial charge is 0.159 e. The van der Waals surface area contributed by atoms with E-state index in [2.05, 4.69) is 9.97 Å². The molecule has 1 heterocycles. The molecular formula is C14H15FN2O. The van der Waals surface area contributed by atoms with Gasteiger partial charge in [0, 0.05) is 23.0 Å². The van der Waals surface area contributed by atoms with Crippen LogP contribution in [0.1, 0.15) is 29.8 Å². The first-order valence-corrected chi connectivity index (χ1v) is 5.77. The molecule has 0 saturated heterocycles. The number of aromatic nitrogens is 2. The van der Waals surface area contributed by atoms with E-state index < -0.39 is 6.10 Å². The molecule has 0 aliphatic rings. The Hall–Kier alpha value is -1.81. The number of aliphatic hydroxyl groups excluding tert-OH is 1. The molecule has 1 aromatic heterocycles. The molecule has 0 amide bonds. The Balaban J connectivity index is 2.52. The maximum absolute atomic E-state index is 13.2. The zero-order valence-electron chi connectivity index (χ0n) is 10.6. The highest BCUT2D eigenvalue weighted by molar-refractivity contribution is 5.60. The molecule has 2 aromatic rings. The van der Waals surface area contributed by atoms with E-state index in [0.717, 1.165) is 5.56 Å². The summed E-state index contributed by atoms with van der Waals surface area (Å²) in [6.45, 7) is 5.36. The summed E-state index contributed by atoms with van der Waals surface area (Å²) < 4.78 is 13.2. The lowest BCUT2D eigenvalue weighted by molar-refractivity contribution is 0.197. The summed E-state index contributed by atoms with van der Waals surface area (Å²) >= 11 is 0. The summed E-state index contributed by atoms with van der Waals surface area (Å²) in [5.74, 6) is 0.172. The van der Waals surface area contributed by atoms with Crippen LogP contribution in [0.2, 0.25) is 0 Å². The van der Waals surface area contributed by atoms with Crippen LogP contribution in [0, 0.1) is 19.7 Å². The first-order chi connectivity index (χ1) is 8.49. The van der Waals surface area contributed by atoms with Gasteiger partial charge in [-0.25, -0.2) is 14.4 Å². The van der Waals surface area contributed by atoms with Crippen molar-refractivity contribution in [1.29, 1.82) is 0 Å². The summed E-state index contributed by atoms with van der Waals surface area (Å²) in [4.78, 5) is 8.52. The average molecular weight is 246 g/mol. The lowest BCUT2D eigenvalue weighted by Crippen LogP contribution is -2.02. The Morgan fingerprint density at radius 2 is 2.00 bits per heavy atom. The van der Waals surface area contributed by atoms with E-state index in [-0.39, 0.29) is 5.82 Å². The van der Waals surface area contributed by atoms with Gasteiger partial charge in [-0.05, 0) is 38.5 Å². The van der Waals surface area contributed by atoms with Crippen LogP contribution in [0.5, 0.6) is 0 Å². The van der Waals surface area contributed by atoms with Gasteiger partial charge in [-0.3, -0.25) is 0 Å². The van der Waals surface area contributed by atoms with Crippen LogP contribution in [0.15, 0.2) is 24.4 Å². The predicted octanol–water partition coefficient (Wildman–Crippen LogP) is 2.95. The predicted molar refractivity (Wildman–Crippen MR) is 67.5 cm³/mol. The molecule has 0 saturated carbocycles. The van der Waals surface area contributed by atoms with E-state index in [0.29, 0.717) is 22.6 Å². The molecule has 0 fully saturated rings. The number of aryl methyl sites for hydroxylation is 2. The van der Waals surface area contributed by atoms with E-state index in [9.17, 15) is 9.50 Å². The molecule has 0 spiro atoms. The molecule has 0 radical (unpaired) electrons. The highest BCUT2D eigenvalue weighted by atomic mass is 19.1. The average Bonchev–Trinajstić information content (AvgIpc) is 2.31. The van der Waals surface area contributed by atoms with Gasteiger partial charge in [-0.1, -0.05) is 6.07 Å². The molecule has 0 aliphatic heterocycles. The first kappa shape index (κ1) is 12.6. The third kappa shape index (κ3) is 2.38. The van der Waals surface area contributed by atoms with Gasteiger partial charge in [0.25, 0.3) is 0 Å². The molecule has 1 aromatic carbocycles. The second kappa shape index (κ2) is 4.82. The molecule has 4 heteroatoms. The quantitative estimate of drug-likeness (QED) is 0.886. The summed E-state index contributed by atoms with van der Waals surface area (Å²) in [6.07, 6.45) is 0.986. The Kier molecular flexibility index (Phi) is 3.39. The molecule has 2 rings (SSSR count). The van der Waals surface area contributed by atoms with Crippen LogP contribution in [-0.2, 0) is 0 Å². The number of benzene rings is 1. The van der Waals surface area contributed by atoms with Crippen molar-refractivity contribution in [3.63, 3.8) is 0 Å². The lowest BCUT2D eigenvalue weighted by Gasteiger charge is -2.10. The summed E-state index contributed by atoms with van der Waals surface area (Å²) in [6, 6.07) is 4.54. The van der Waals surface area contributed by atoms with E-state index in [1.807, 2.05) is 13.8 Å². The Morgan fingerprint density at radius 3 is 2.61 bits per heavy atom. The normalized spacial score (nSPS) is 12.5. The highest BCUT2D eigenvalue weighted by Crippen LogP contribution is 2.23. The van der Waals surface area contributed by atoms with Crippen molar-refractivity contribution in [2.45, 2.75) is 26.9 Å². The fourth-order valence-corrected chi connectivity index (χ4v) is 1.85. The van der Waals surface area contributed by atoms with Gasteiger partial charge < -0.3 is 5.11 Å². The monoisotopic (exact) mass is 246 g/mol. The minimum absolute atomic E-state index is 0.309. The van der Waals surface area contributed by atoms with E-state index in [4.69, 9.17) is 0 Å². The number of hydrogen-bond acceptors (Lipinski definition) is 3. The van der Waals surface area contributed by atoms with Gasteiger partial charge >= 0.3 is 0 Å². The first-order valence-electron chi connectivity index (χ1n) is 5.77. The van der Waals surface area contributed by atoms with Gasteiger partial charge in [0.15, 0.2) is 5.82 Å². The highest BCUT2D eigenvalue weighted by Gasteiger charge is 2.11. The van der Waals surface area contributed by atoms with Gasteiger partial charge in [0.2, 0.25) is 0 Å². The Labute approximate surface area is 105 Å². The van der Waals surface area contributed by atoms with Crippen molar-refractivity contribution in [1.82, 2.24) is 9.97 Å². The largest absolute Gasteiger partial charge is 0.389 e. The zero-order chi connectivity index (χ0) is 13.3. The topological polar surface area (TPSA) is 46.0 Å². The minimum Gasteiger partial charge on any atom is -0.389 e. The van der Waals surface area contributed by atoms with Crippen LogP contribution in [-0.4, -0.2) is 15.1 Å². The number of halogens is 1. The fraction of sp³-hybridized carbons (Fsp3) is 0.286. The molecule has 94 valence electrons. The van der Waals surface area contributed by atoms with Crippen molar-refractivity contribution in [3.05, 3.63) is 47.0 Å². The number of nitrogens with zero attached hydrogens (tertiary/aromatic N) is 2. The van der Waals surface area contributed by atoms with Gasteiger partial charge in [-0.15, -0.1) is 0 Å². The maximum atomic E-state index is 13.2. The van der Waals surface area contributed by atoms with Gasteiger partial charge in [-0.2, -0.15) is 0 Å². The van der Waals surface area contributed by atoms with Crippen LogP contribution < -0.4 is 0 Å². The fourth-order valence-electron chi connectivity index (χ4n) is 1.85. The molecule has 18 heavy (non-hydrogen) atoms. The van der Waals surface area contributed by atoms with Crippen molar-refractivity contribution in [2.24, 2.45) is 0 Å². The second-order valence-corrected chi connectivity index (χ2v) is 4.37. The molecule has 3 nitrogen and oxygen atoms in total. The molecule has 0 bridgehead atoms. The Morgan fingerprint density at radius 1 is 1.28 bits per heavy atom. The second-order valence-electron chi connectivity index (χ2n) is 4.37. The maximum Gasteiger partial charge on any atom is 0.159 e. The lowest BCUT2D eigenvalue weighted by atomic mass is 10.1. The van der Waals surface area contributed by atoms with Gasteiger partial charge in [0.05, 0.1) is 6.10 Å². The number of hydrogen-bond donors (Lipinski definition) is 1. The van der Waals surface area contributed by atoms with Crippen LogP contribution in [0.4, 0.5) is 4.39 Å². The zero-order valence-corrected chi connectivity index (χ0v) is 10.6. The summed E-state index contributed by atoms with van der Waals surface area (Å²) in [7, 11) is 0. The van der Waals surface area contributed by atoms with Crippen molar-refractivity contribution < 1.29 is 9.50 Å². The number of rotatable bonds is 2. The van der Waals surface area contributed by atoms with E-state index in [1.165, 1.54) is 12.1 Å². The van der Waals surface area contributed by atoms with Crippen LogP contribution >= 0.6 is 0 Å². The molecule has 1 atom stereocenters. The van der Waals surface area contributed by atoms with E-state index >= 15 is 0 Å². The third-order valence-corrected chi connectivity index (χ3v) is 2.91. The standard InChI is InChI=1S/C14H15FN2O/c1-8-4-5-11(15)6-12(8)14-16-7-13(10(3)18)9(2)17-14/h4-7,10,18H,1-3H3/t10-/m0/s1. The molecular weight excluding hydrogens is 231 g/mol. The summed E-state index contributed by atoms with van der Waals surface area (Å²) in [5, 5.41) is 9.52.